The third kappa shape index (κ3) is 4.88. The van der Waals surface area contributed by atoms with Gasteiger partial charge in [0.1, 0.15) is 0 Å². The molecule has 0 saturated heterocycles. The predicted octanol–water partition coefficient (Wildman–Crippen LogP) is 2.94. The largest absolute Gasteiger partial charge is 0.392 e. The van der Waals surface area contributed by atoms with E-state index in [9.17, 15) is 9.90 Å². The van der Waals surface area contributed by atoms with Gasteiger partial charge < -0.3 is 15.7 Å². The molecular formula is C16H17BrN2O2. The molecule has 2 aromatic carbocycles. The summed E-state index contributed by atoms with van der Waals surface area (Å²) in [5.41, 5.74) is 2.77. The first-order chi connectivity index (χ1) is 10.2. The summed E-state index contributed by atoms with van der Waals surface area (Å²) in [7, 11) is 0. The summed E-state index contributed by atoms with van der Waals surface area (Å²) in [4.78, 5) is 11.8. The second-order valence-electron chi connectivity index (χ2n) is 4.59. The summed E-state index contributed by atoms with van der Waals surface area (Å²) < 4.78 is 1.01. The molecule has 5 heteroatoms. The number of aliphatic hydroxyl groups is 1. The Balaban J connectivity index is 1.81. The maximum absolute atomic E-state index is 11.8. The van der Waals surface area contributed by atoms with Gasteiger partial charge in [0.05, 0.1) is 6.61 Å². The van der Waals surface area contributed by atoms with Crippen molar-refractivity contribution in [3.8, 4) is 0 Å². The zero-order valence-electron chi connectivity index (χ0n) is 11.5. The van der Waals surface area contributed by atoms with Crippen molar-refractivity contribution in [2.75, 3.05) is 0 Å². The Hall–Kier alpha value is -1.85. The van der Waals surface area contributed by atoms with Gasteiger partial charge in [0, 0.05) is 17.6 Å². The van der Waals surface area contributed by atoms with Crippen LogP contribution in [0.3, 0.4) is 0 Å². The Kier molecular flexibility index (Phi) is 5.78. The smallest absolute Gasteiger partial charge is 0.315 e. The van der Waals surface area contributed by atoms with Gasteiger partial charge >= 0.3 is 6.03 Å². The van der Waals surface area contributed by atoms with Crippen molar-refractivity contribution in [2.45, 2.75) is 19.7 Å². The van der Waals surface area contributed by atoms with Crippen LogP contribution in [-0.2, 0) is 19.7 Å². The third-order valence-electron chi connectivity index (χ3n) is 3.09. The highest BCUT2D eigenvalue weighted by Crippen LogP contribution is 2.10. The van der Waals surface area contributed by atoms with Crippen molar-refractivity contribution in [3.05, 3.63) is 69.7 Å². The molecule has 3 N–H and O–H groups in total. The summed E-state index contributed by atoms with van der Waals surface area (Å²) in [6.45, 7) is 0.835. The fourth-order valence-corrected chi connectivity index (χ4v) is 2.17. The van der Waals surface area contributed by atoms with E-state index in [2.05, 4.69) is 26.6 Å². The third-order valence-corrected chi connectivity index (χ3v) is 3.62. The molecule has 0 saturated carbocycles. The first-order valence-corrected chi connectivity index (χ1v) is 7.42. The summed E-state index contributed by atoms with van der Waals surface area (Å²) >= 11 is 3.37. The molecule has 2 aromatic rings. The number of nitrogens with one attached hydrogen (secondary N) is 2. The number of urea groups is 1. The fourth-order valence-electron chi connectivity index (χ4n) is 1.91. The van der Waals surface area contributed by atoms with Gasteiger partial charge in [-0.3, -0.25) is 0 Å². The molecule has 0 aromatic heterocycles. The van der Waals surface area contributed by atoms with Crippen molar-refractivity contribution < 1.29 is 9.90 Å². The van der Waals surface area contributed by atoms with E-state index in [1.807, 2.05) is 48.5 Å². The zero-order valence-corrected chi connectivity index (χ0v) is 13.1. The number of carbonyl (C=O) groups is 1. The van der Waals surface area contributed by atoms with Crippen molar-refractivity contribution in [2.24, 2.45) is 0 Å². The molecule has 21 heavy (non-hydrogen) atoms. The molecule has 0 heterocycles. The van der Waals surface area contributed by atoms with Gasteiger partial charge in [0.25, 0.3) is 0 Å². The molecule has 2 amide bonds. The van der Waals surface area contributed by atoms with Gasteiger partial charge in [0.2, 0.25) is 0 Å². The van der Waals surface area contributed by atoms with Crippen LogP contribution in [0.1, 0.15) is 16.7 Å². The highest BCUT2D eigenvalue weighted by molar-refractivity contribution is 9.10. The number of benzene rings is 2. The minimum atomic E-state index is -0.231. The molecule has 0 aliphatic rings. The Bertz CT molecular complexity index is 599. The van der Waals surface area contributed by atoms with Crippen LogP contribution >= 0.6 is 15.9 Å². The van der Waals surface area contributed by atoms with Gasteiger partial charge in [-0.2, -0.15) is 0 Å². The molecule has 0 spiro atoms. The van der Waals surface area contributed by atoms with Crippen LogP contribution in [0.4, 0.5) is 4.79 Å². The van der Waals surface area contributed by atoms with E-state index < -0.39 is 0 Å². The lowest BCUT2D eigenvalue weighted by atomic mass is 10.1. The van der Waals surface area contributed by atoms with E-state index in [0.29, 0.717) is 13.1 Å². The quantitative estimate of drug-likeness (QED) is 0.777. The van der Waals surface area contributed by atoms with E-state index >= 15 is 0 Å². The Morgan fingerprint density at radius 3 is 2.24 bits per heavy atom. The van der Waals surface area contributed by atoms with Crippen LogP contribution in [0.5, 0.6) is 0 Å². The molecule has 0 aliphatic heterocycles. The summed E-state index contributed by atoms with van der Waals surface area (Å²) in [5.74, 6) is 0. The number of aliphatic hydroxyl groups excluding tert-OH is 1. The molecule has 0 unspecified atom stereocenters. The van der Waals surface area contributed by atoms with Gasteiger partial charge in [-0.15, -0.1) is 0 Å². The fraction of sp³-hybridized carbons (Fsp3) is 0.188. The van der Waals surface area contributed by atoms with Gasteiger partial charge in [-0.25, -0.2) is 4.79 Å². The van der Waals surface area contributed by atoms with Crippen molar-refractivity contribution in [1.82, 2.24) is 10.6 Å². The summed E-state index contributed by atoms with van der Waals surface area (Å²) in [6, 6.07) is 15.0. The average Bonchev–Trinajstić information content (AvgIpc) is 2.52. The second kappa shape index (κ2) is 7.81. The molecule has 0 atom stereocenters. The van der Waals surface area contributed by atoms with Crippen LogP contribution < -0.4 is 10.6 Å². The molecule has 0 bridgehead atoms. The molecule has 0 aliphatic carbocycles. The normalized spacial score (nSPS) is 10.2. The molecule has 0 fully saturated rings. The standard InChI is InChI=1S/C16H17BrN2O2/c17-15-7-5-12(6-8-15)9-18-16(21)19-10-13-3-1-2-4-14(13)11-20/h1-8,20H,9-11H2,(H2,18,19,21). The summed E-state index contributed by atoms with van der Waals surface area (Å²) in [6.07, 6.45) is 0. The van der Waals surface area contributed by atoms with E-state index in [1.54, 1.807) is 0 Å². The number of rotatable bonds is 5. The first-order valence-electron chi connectivity index (χ1n) is 6.63. The van der Waals surface area contributed by atoms with E-state index in [0.717, 1.165) is 21.2 Å². The lowest BCUT2D eigenvalue weighted by Gasteiger charge is -2.10. The Labute approximate surface area is 132 Å². The maximum atomic E-state index is 11.8. The molecule has 0 radical (unpaired) electrons. The summed E-state index contributed by atoms with van der Waals surface area (Å²) in [5, 5.41) is 14.8. The number of carbonyl (C=O) groups excluding carboxylic acids is 1. The van der Waals surface area contributed by atoms with Crippen molar-refractivity contribution in [3.63, 3.8) is 0 Å². The zero-order chi connectivity index (χ0) is 15.1. The lowest BCUT2D eigenvalue weighted by molar-refractivity contribution is 0.240. The number of halogens is 1. The highest BCUT2D eigenvalue weighted by atomic mass is 79.9. The minimum absolute atomic E-state index is 0.0294. The van der Waals surface area contributed by atoms with Crippen LogP contribution in [0.15, 0.2) is 53.0 Å². The van der Waals surface area contributed by atoms with E-state index in [4.69, 9.17) is 0 Å². The molecule has 110 valence electrons. The van der Waals surface area contributed by atoms with Gasteiger partial charge in [0.15, 0.2) is 0 Å². The first kappa shape index (κ1) is 15.5. The molecule has 2 rings (SSSR count). The SMILES string of the molecule is O=C(NCc1ccc(Br)cc1)NCc1ccccc1CO. The minimum Gasteiger partial charge on any atom is -0.392 e. The second-order valence-corrected chi connectivity index (χ2v) is 5.51. The molecular weight excluding hydrogens is 332 g/mol. The lowest BCUT2D eigenvalue weighted by Crippen LogP contribution is -2.34. The topological polar surface area (TPSA) is 61.4 Å². The predicted molar refractivity (Wildman–Crippen MR) is 85.6 cm³/mol. The van der Waals surface area contributed by atoms with Crippen LogP contribution in [0.2, 0.25) is 0 Å². The van der Waals surface area contributed by atoms with Crippen LogP contribution in [0.25, 0.3) is 0 Å². The maximum Gasteiger partial charge on any atom is 0.315 e. The average molecular weight is 349 g/mol. The monoisotopic (exact) mass is 348 g/mol. The Morgan fingerprint density at radius 1 is 0.952 bits per heavy atom. The van der Waals surface area contributed by atoms with E-state index in [1.165, 1.54) is 0 Å². The van der Waals surface area contributed by atoms with Crippen molar-refractivity contribution >= 4 is 22.0 Å². The Morgan fingerprint density at radius 2 is 1.57 bits per heavy atom. The number of amides is 2. The van der Waals surface area contributed by atoms with Gasteiger partial charge in [-0.05, 0) is 28.8 Å². The van der Waals surface area contributed by atoms with Crippen LogP contribution in [-0.4, -0.2) is 11.1 Å². The van der Waals surface area contributed by atoms with Crippen molar-refractivity contribution in [1.29, 1.82) is 0 Å². The highest BCUT2D eigenvalue weighted by Gasteiger charge is 2.04. The van der Waals surface area contributed by atoms with Crippen LogP contribution in [0, 0.1) is 0 Å². The number of hydrogen-bond donors (Lipinski definition) is 3. The van der Waals surface area contributed by atoms with E-state index in [-0.39, 0.29) is 12.6 Å². The van der Waals surface area contributed by atoms with Gasteiger partial charge in [-0.1, -0.05) is 52.3 Å². The number of hydrogen-bond acceptors (Lipinski definition) is 2. The molecule has 4 nitrogen and oxygen atoms in total.